The molecule has 0 saturated carbocycles. The Bertz CT molecular complexity index is 696. The number of halogens is 1. The molecule has 3 rings (SSSR count). The minimum atomic E-state index is 0.565. The van der Waals surface area contributed by atoms with Crippen LogP contribution in [0.2, 0.25) is 5.02 Å². The molecule has 1 fully saturated rings. The van der Waals surface area contributed by atoms with E-state index >= 15 is 0 Å². The monoisotopic (exact) mass is 386 g/mol. The second-order valence-electron chi connectivity index (χ2n) is 7.41. The summed E-state index contributed by atoms with van der Waals surface area (Å²) >= 11 is 6.30. The maximum atomic E-state index is 6.30. The van der Waals surface area contributed by atoms with Crippen LogP contribution in [0.1, 0.15) is 49.3 Å². The van der Waals surface area contributed by atoms with E-state index in [2.05, 4.69) is 47.9 Å². The Labute approximate surface area is 168 Å². The van der Waals surface area contributed by atoms with Gasteiger partial charge in [-0.3, -0.25) is 0 Å². The topological polar surface area (TPSA) is 33.3 Å². The minimum absolute atomic E-state index is 0.565. The number of hydrogen-bond donors (Lipinski definition) is 2. The Morgan fingerprint density at radius 2 is 1.78 bits per heavy atom. The lowest BCUT2D eigenvalue weighted by molar-refractivity contribution is 0.305. The van der Waals surface area contributed by atoms with Crippen molar-refractivity contribution in [2.24, 2.45) is 0 Å². The van der Waals surface area contributed by atoms with Crippen LogP contribution in [0.5, 0.6) is 5.75 Å². The second kappa shape index (κ2) is 10.7. The maximum absolute atomic E-state index is 6.30. The SMILES string of the molecule is CCCCc1ccc(COc2cc(Cl)cc(CNC3CCNCC3)c2)cc1. The van der Waals surface area contributed by atoms with Gasteiger partial charge in [0.25, 0.3) is 0 Å². The minimum Gasteiger partial charge on any atom is -0.489 e. The molecule has 1 heterocycles. The molecule has 0 radical (unpaired) electrons. The van der Waals surface area contributed by atoms with Crippen LogP contribution in [0.4, 0.5) is 0 Å². The molecule has 1 aliphatic heterocycles. The van der Waals surface area contributed by atoms with Crippen molar-refractivity contribution in [1.29, 1.82) is 0 Å². The van der Waals surface area contributed by atoms with Gasteiger partial charge in [-0.1, -0.05) is 49.2 Å². The molecule has 146 valence electrons. The molecule has 3 nitrogen and oxygen atoms in total. The van der Waals surface area contributed by atoms with E-state index in [1.807, 2.05) is 12.1 Å². The van der Waals surface area contributed by atoms with Gasteiger partial charge in [-0.2, -0.15) is 0 Å². The first-order valence-electron chi connectivity index (χ1n) is 10.2. The first kappa shape index (κ1) is 20.2. The van der Waals surface area contributed by atoms with Crippen molar-refractivity contribution in [2.45, 2.75) is 58.2 Å². The molecule has 0 bridgehead atoms. The molecule has 2 N–H and O–H groups in total. The van der Waals surface area contributed by atoms with Crippen LogP contribution in [-0.2, 0) is 19.6 Å². The summed E-state index contributed by atoms with van der Waals surface area (Å²) in [4.78, 5) is 0. The molecule has 4 heteroatoms. The summed E-state index contributed by atoms with van der Waals surface area (Å²) in [5.41, 5.74) is 3.75. The third kappa shape index (κ3) is 6.84. The number of aryl methyl sites for hydroxylation is 1. The van der Waals surface area contributed by atoms with Crippen LogP contribution in [0, 0.1) is 0 Å². The van der Waals surface area contributed by atoms with Gasteiger partial charge in [-0.15, -0.1) is 0 Å². The molecular formula is C23H31ClN2O. The van der Waals surface area contributed by atoms with Crippen molar-refractivity contribution >= 4 is 11.6 Å². The van der Waals surface area contributed by atoms with Crippen molar-refractivity contribution in [1.82, 2.24) is 10.6 Å². The predicted molar refractivity (Wildman–Crippen MR) is 114 cm³/mol. The fraction of sp³-hybridized carbons (Fsp3) is 0.478. The van der Waals surface area contributed by atoms with Crippen LogP contribution in [0.25, 0.3) is 0 Å². The van der Waals surface area contributed by atoms with E-state index < -0.39 is 0 Å². The van der Waals surface area contributed by atoms with Gasteiger partial charge in [0.05, 0.1) is 0 Å². The second-order valence-corrected chi connectivity index (χ2v) is 7.85. The first-order valence-corrected chi connectivity index (χ1v) is 10.5. The molecule has 0 amide bonds. The standard InChI is InChI=1S/C23H31ClN2O/c1-2-3-4-18-5-7-19(8-6-18)17-27-23-14-20(13-21(24)15-23)16-26-22-9-11-25-12-10-22/h5-8,13-15,22,25-26H,2-4,9-12,16-17H2,1H3. The van der Waals surface area contributed by atoms with E-state index in [9.17, 15) is 0 Å². The highest BCUT2D eigenvalue weighted by Crippen LogP contribution is 2.22. The summed E-state index contributed by atoms with van der Waals surface area (Å²) in [7, 11) is 0. The van der Waals surface area contributed by atoms with Crippen molar-refractivity contribution in [3.8, 4) is 5.75 Å². The zero-order valence-corrected chi connectivity index (χ0v) is 17.0. The van der Waals surface area contributed by atoms with Crippen molar-refractivity contribution in [3.05, 3.63) is 64.2 Å². The smallest absolute Gasteiger partial charge is 0.121 e. The van der Waals surface area contributed by atoms with Crippen LogP contribution < -0.4 is 15.4 Å². The summed E-state index contributed by atoms with van der Waals surface area (Å²) < 4.78 is 6.00. The largest absolute Gasteiger partial charge is 0.489 e. The van der Waals surface area contributed by atoms with Gasteiger partial charge < -0.3 is 15.4 Å². The zero-order valence-electron chi connectivity index (χ0n) is 16.3. The number of benzene rings is 2. The Balaban J connectivity index is 1.52. The quantitative estimate of drug-likeness (QED) is 0.628. The lowest BCUT2D eigenvalue weighted by Gasteiger charge is -2.24. The van der Waals surface area contributed by atoms with Crippen LogP contribution >= 0.6 is 11.6 Å². The van der Waals surface area contributed by atoms with E-state index in [0.717, 1.165) is 36.8 Å². The van der Waals surface area contributed by atoms with Crippen molar-refractivity contribution in [3.63, 3.8) is 0 Å². The number of hydrogen-bond acceptors (Lipinski definition) is 3. The van der Waals surface area contributed by atoms with Crippen molar-refractivity contribution < 1.29 is 4.74 Å². The maximum Gasteiger partial charge on any atom is 0.121 e. The van der Waals surface area contributed by atoms with Gasteiger partial charge in [0.15, 0.2) is 0 Å². The van der Waals surface area contributed by atoms with Gasteiger partial charge in [-0.25, -0.2) is 0 Å². The van der Waals surface area contributed by atoms with Gasteiger partial charge in [0.1, 0.15) is 12.4 Å². The molecule has 2 aromatic rings. The molecule has 0 aliphatic carbocycles. The van der Waals surface area contributed by atoms with Gasteiger partial charge >= 0.3 is 0 Å². The summed E-state index contributed by atoms with van der Waals surface area (Å²) in [5, 5.41) is 7.76. The molecule has 0 spiro atoms. The number of unbranched alkanes of at least 4 members (excludes halogenated alkanes) is 1. The highest BCUT2D eigenvalue weighted by atomic mass is 35.5. The first-order chi connectivity index (χ1) is 13.2. The molecule has 1 aliphatic rings. The highest BCUT2D eigenvalue weighted by molar-refractivity contribution is 6.30. The Hall–Kier alpha value is -1.55. The normalized spacial score (nSPS) is 15.0. The summed E-state index contributed by atoms with van der Waals surface area (Å²) in [6.07, 6.45) is 5.98. The summed E-state index contributed by atoms with van der Waals surface area (Å²) in [6.45, 7) is 5.81. The fourth-order valence-corrected chi connectivity index (χ4v) is 3.69. The van der Waals surface area contributed by atoms with Crippen LogP contribution in [-0.4, -0.2) is 19.1 Å². The molecule has 1 saturated heterocycles. The van der Waals surface area contributed by atoms with Gasteiger partial charge in [0, 0.05) is 17.6 Å². The van der Waals surface area contributed by atoms with Gasteiger partial charge in [-0.05, 0) is 73.7 Å². The predicted octanol–water partition coefficient (Wildman–Crippen LogP) is 5.10. The number of rotatable bonds is 9. The average molecular weight is 387 g/mol. The number of ether oxygens (including phenoxy) is 1. The Morgan fingerprint density at radius 1 is 1.04 bits per heavy atom. The summed E-state index contributed by atoms with van der Waals surface area (Å²) in [5.74, 6) is 0.833. The zero-order chi connectivity index (χ0) is 18.9. The van der Waals surface area contributed by atoms with Crippen LogP contribution in [0.15, 0.2) is 42.5 Å². The molecule has 0 atom stereocenters. The van der Waals surface area contributed by atoms with Gasteiger partial charge in [0.2, 0.25) is 0 Å². The number of nitrogens with one attached hydrogen (secondary N) is 2. The molecule has 27 heavy (non-hydrogen) atoms. The van der Waals surface area contributed by atoms with Crippen molar-refractivity contribution in [2.75, 3.05) is 13.1 Å². The molecule has 0 unspecified atom stereocenters. The lowest BCUT2D eigenvalue weighted by atomic mass is 10.1. The average Bonchev–Trinajstić information content (AvgIpc) is 2.70. The van der Waals surface area contributed by atoms with E-state index in [1.54, 1.807) is 0 Å². The van der Waals surface area contributed by atoms with E-state index in [-0.39, 0.29) is 0 Å². The number of piperidine rings is 1. The lowest BCUT2D eigenvalue weighted by Crippen LogP contribution is -2.39. The Morgan fingerprint density at radius 3 is 2.52 bits per heavy atom. The third-order valence-corrected chi connectivity index (χ3v) is 5.33. The van der Waals surface area contributed by atoms with E-state index in [4.69, 9.17) is 16.3 Å². The van der Waals surface area contributed by atoms with Crippen LogP contribution in [0.3, 0.4) is 0 Å². The molecule has 2 aromatic carbocycles. The fourth-order valence-electron chi connectivity index (χ4n) is 3.44. The summed E-state index contributed by atoms with van der Waals surface area (Å²) in [6, 6.07) is 15.3. The highest BCUT2D eigenvalue weighted by Gasteiger charge is 2.12. The Kier molecular flexibility index (Phi) is 8.00. The van der Waals surface area contributed by atoms with E-state index in [0.29, 0.717) is 12.6 Å². The molecular weight excluding hydrogens is 356 g/mol. The molecule has 0 aromatic heterocycles. The third-order valence-electron chi connectivity index (χ3n) is 5.11. The van der Waals surface area contributed by atoms with E-state index in [1.165, 1.54) is 42.4 Å².